The summed E-state index contributed by atoms with van der Waals surface area (Å²) in [6.07, 6.45) is 1.01. The van der Waals surface area contributed by atoms with Crippen LogP contribution in [0.3, 0.4) is 0 Å². The fourth-order valence-electron chi connectivity index (χ4n) is 1.93. The third-order valence-electron chi connectivity index (χ3n) is 2.75. The van der Waals surface area contributed by atoms with Crippen molar-refractivity contribution >= 4 is 0 Å². The maximum Gasteiger partial charge on any atom is 0.0685 e. The molecule has 76 valence electrons. The highest BCUT2D eigenvalue weighted by molar-refractivity contribution is 5.39. The maximum atomic E-state index is 9.12. The molecule has 0 fully saturated rings. The minimum Gasteiger partial charge on any atom is -0.392 e. The average molecular weight is 193 g/mol. The van der Waals surface area contributed by atoms with Crippen LogP contribution >= 0.6 is 0 Å². The molecule has 1 aliphatic rings. The van der Waals surface area contributed by atoms with E-state index in [0.29, 0.717) is 0 Å². The number of hydrogen-bond acceptors (Lipinski definition) is 3. The molecule has 1 heterocycles. The van der Waals surface area contributed by atoms with E-state index in [9.17, 15) is 0 Å². The van der Waals surface area contributed by atoms with Gasteiger partial charge in [-0.05, 0) is 35.2 Å². The van der Waals surface area contributed by atoms with Crippen molar-refractivity contribution in [2.45, 2.75) is 26.2 Å². The molecule has 14 heavy (non-hydrogen) atoms. The first kappa shape index (κ1) is 9.65. The minimum atomic E-state index is 0.00315. The highest BCUT2D eigenvalue weighted by Gasteiger charge is 2.11. The Morgan fingerprint density at radius 2 is 1.71 bits per heavy atom. The zero-order valence-electron chi connectivity index (χ0n) is 8.08. The first-order valence-electron chi connectivity index (χ1n) is 4.91. The Hall–Kier alpha value is -0.900. The van der Waals surface area contributed by atoms with Gasteiger partial charge in [0.1, 0.15) is 0 Å². The molecule has 3 N–H and O–H groups in total. The monoisotopic (exact) mass is 193 g/mol. The predicted octanol–water partition coefficient (Wildman–Crippen LogP) is 0.317. The molecule has 1 aliphatic heterocycles. The molecule has 1 aromatic rings. The third-order valence-corrected chi connectivity index (χ3v) is 2.75. The van der Waals surface area contributed by atoms with Gasteiger partial charge in [-0.15, -0.1) is 0 Å². The smallest absolute Gasteiger partial charge is 0.0685 e. The standard InChI is InChI=1S/C11H15NO2/c13-6-10-3-8-1-2-12-5-9(8)4-11(10)7-14/h3-4,12-14H,1-2,5-7H2. The maximum absolute atomic E-state index is 9.12. The Labute approximate surface area is 83.4 Å². The molecule has 0 bridgehead atoms. The van der Waals surface area contributed by atoms with Crippen molar-refractivity contribution < 1.29 is 10.2 Å². The van der Waals surface area contributed by atoms with Crippen molar-refractivity contribution in [1.82, 2.24) is 5.32 Å². The summed E-state index contributed by atoms with van der Waals surface area (Å²) < 4.78 is 0. The zero-order valence-corrected chi connectivity index (χ0v) is 8.08. The van der Waals surface area contributed by atoms with Crippen molar-refractivity contribution in [3.05, 3.63) is 34.4 Å². The van der Waals surface area contributed by atoms with Crippen LogP contribution in [0.25, 0.3) is 0 Å². The number of rotatable bonds is 2. The second-order valence-corrected chi connectivity index (χ2v) is 3.63. The molecule has 0 spiro atoms. The van der Waals surface area contributed by atoms with Gasteiger partial charge >= 0.3 is 0 Å². The summed E-state index contributed by atoms with van der Waals surface area (Å²) in [6, 6.07) is 4.01. The van der Waals surface area contributed by atoms with Gasteiger partial charge in [0.2, 0.25) is 0 Å². The largest absolute Gasteiger partial charge is 0.392 e. The van der Waals surface area contributed by atoms with Gasteiger partial charge < -0.3 is 15.5 Å². The molecule has 3 nitrogen and oxygen atoms in total. The SMILES string of the molecule is OCc1cc2c(cc1CO)CNCC2. The van der Waals surface area contributed by atoms with Crippen LogP contribution in [0.1, 0.15) is 22.3 Å². The van der Waals surface area contributed by atoms with E-state index >= 15 is 0 Å². The molecular weight excluding hydrogens is 178 g/mol. The van der Waals surface area contributed by atoms with Crippen LogP contribution in [0.4, 0.5) is 0 Å². The van der Waals surface area contributed by atoms with Gasteiger partial charge in [0.05, 0.1) is 13.2 Å². The normalized spacial score (nSPS) is 15.3. The molecule has 1 aromatic carbocycles. The minimum absolute atomic E-state index is 0.00315. The van der Waals surface area contributed by atoms with Crippen LogP contribution in [0.15, 0.2) is 12.1 Å². The van der Waals surface area contributed by atoms with Crippen LogP contribution < -0.4 is 5.32 Å². The van der Waals surface area contributed by atoms with E-state index in [0.717, 1.165) is 30.6 Å². The van der Waals surface area contributed by atoms with Gasteiger partial charge in [0, 0.05) is 6.54 Å². The topological polar surface area (TPSA) is 52.5 Å². The van der Waals surface area contributed by atoms with E-state index in [2.05, 4.69) is 5.32 Å². The lowest BCUT2D eigenvalue weighted by atomic mass is 9.95. The molecule has 0 aromatic heterocycles. The van der Waals surface area contributed by atoms with Gasteiger partial charge in [-0.25, -0.2) is 0 Å². The number of fused-ring (bicyclic) bond motifs is 1. The van der Waals surface area contributed by atoms with Gasteiger partial charge in [-0.2, -0.15) is 0 Å². The lowest BCUT2D eigenvalue weighted by Crippen LogP contribution is -2.24. The Balaban J connectivity index is 2.43. The van der Waals surface area contributed by atoms with E-state index in [4.69, 9.17) is 10.2 Å². The fourth-order valence-corrected chi connectivity index (χ4v) is 1.93. The first-order chi connectivity index (χ1) is 6.85. The molecule has 0 aliphatic carbocycles. The molecule has 3 heteroatoms. The third kappa shape index (κ3) is 1.66. The number of aliphatic hydroxyl groups excluding tert-OH is 2. The molecule has 0 radical (unpaired) electrons. The summed E-state index contributed by atoms with van der Waals surface area (Å²) in [4.78, 5) is 0. The summed E-state index contributed by atoms with van der Waals surface area (Å²) in [5.41, 5.74) is 4.24. The zero-order chi connectivity index (χ0) is 9.97. The predicted molar refractivity (Wildman–Crippen MR) is 53.7 cm³/mol. The second kappa shape index (κ2) is 4.09. The van der Waals surface area contributed by atoms with E-state index in [1.165, 1.54) is 11.1 Å². The first-order valence-corrected chi connectivity index (χ1v) is 4.91. The van der Waals surface area contributed by atoms with E-state index in [-0.39, 0.29) is 13.2 Å². The molecule has 0 atom stereocenters. The highest BCUT2D eigenvalue weighted by atomic mass is 16.3. The highest BCUT2D eigenvalue weighted by Crippen LogP contribution is 2.20. The van der Waals surface area contributed by atoms with Crippen LogP contribution in [-0.4, -0.2) is 16.8 Å². The van der Waals surface area contributed by atoms with E-state index in [1.807, 2.05) is 12.1 Å². The summed E-state index contributed by atoms with van der Waals surface area (Å²) >= 11 is 0. The second-order valence-electron chi connectivity index (χ2n) is 3.63. The van der Waals surface area contributed by atoms with Crippen molar-refractivity contribution in [2.75, 3.05) is 6.54 Å². The van der Waals surface area contributed by atoms with Crippen molar-refractivity contribution in [2.24, 2.45) is 0 Å². The number of aliphatic hydroxyl groups is 2. The average Bonchev–Trinajstić information content (AvgIpc) is 2.27. The molecule has 0 saturated carbocycles. The van der Waals surface area contributed by atoms with Gasteiger partial charge in [-0.1, -0.05) is 12.1 Å². The van der Waals surface area contributed by atoms with Crippen LogP contribution in [0.2, 0.25) is 0 Å². The molecular formula is C11H15NO2. The van der Waals surface area contributed by atoms with Crippen molar-refractivity contribution in [3.8, 4) is 0 Å². The quantitative estimate of drug-likeness (QED) is 0.634. The van der Waals surface area contributed by atoms with Gasteiger partial charge in [-0.3, -0.25) is 0 Å². The molecule has 2 rings (SSSR count). The Kier molecular flexibility index (Phi) is 2.82. The van der Waals surface area contributed by atoms with Crippen LogP contribution in [0.5, 0.6) is 0 Å². The molecule has 0 saturated heterocycles. The Morgan fingerprint density at radius 1 is 1.07 bits per heavy atom. The van der Waals surface area contributed by atoms with Gasteiger partial charge in [0.25, 0.3) is 0 Å². The lowest BCUT2D eigenvalue weighted by molar-refractivity contribution is 0.259. The fraction of sp³-hybridized carbons (Fsp3) is 0.455. The molecule has 0 unspecified atom stereocenters. The summed E-state index contributed by atoms with van der Waals surface area (Å²) in [7, 11) is 0. The number of hydrogen-bond donors (Lipinski definition) is 3. The van der Waals surface area contributed by atoms with Crippen molar-refractivity contribution in [1.29, 1.82) is 0 Å². The Bertz CT molecular complexity index is 292. The number of nitrogens with one attached hydrogen (secondary N) is 1. The van der Waals surface area contributed by atoms with Crippen LogP contribution in [-0.2, 0) is 26.2 Å². The van der Waals surface area contributed by atoms with Gasteiger partial charge in [0.15, 0.2) is 0 Å². The number of benzene rings is 1. The molecule has 0 amide bonds. The summed E-state index contributed by atoms with van der Waals surface area (Å²) in [6.45, 7) is 1.88. The lowest BCUT2D eigenvalue weighted by Gasteiger charge is -2.19. The van der Waals surface area contributed by atoms with E-state index in [1.54, 1.807) is 0 Å². The van der Waals surface area contributed by atoms with Crippen LogP contribution in [0, 0.1) is 0 Å². The Morgan fingerprint density at radius 3 is 2.36 bits per heavy atom. The summed E-state index contributed by atoms with van der Waals surface area (Å²) in [5, 5.41) is 21.5. The van der Waals surface area contributed by atoms with E-state index < -0.39 is 0 Å². The van der Waals surface area contributed by atoms with Crippen molar-refractivity contribution in [3.63, 3.8) is 0 Å². The summed E-state index contributed by atoms with van der Waals surface area (Å²) in [5.74, 6) is 0.